The molecule has 4 rings (SSSR count). The first-order valence-corrected chi connectivity index (χ1v) is 10.5. The Morgan fingerprint density at radius 3 is 2.21 bits per heavy atom. The average Bonchev–Trinajstić information content (AvgIpc) is 3.12. The van der Waals surface area contributed by atoms with Crippen LogP contribution >= 0.6 is 11.6 Å². The van der Waals surface area contributed by atoms with Crippen molar-refractivity contribution >= 4 is 40.6 Å². The lowest BCUT2D eigenvalue weighted by atomic mass is 10.0. The molecule has 3 aromatic carbocycles. The topological polar surface area (TPSA) is 96.9 Å². The zero-order valence-electron chi connectivity index (χ0n) is 17.9. The second-order valence-corrected chi connectivity index (χ2v) is 8.31. The number of amides is 2. The number of anilines is 1. The van der Waals surface area contributed by atoms with Crippen LogP contribution in [0.15, 0.2) is 77.9 Å². The van der Waals surface area contributed by atoms with Gasteiger partial charge in [0.05, 0.1) is 5.69 Å². The maximum absolute atomic E-state index is 12.7. The summed E-state index contributed by atoms with van der Waals surface area (Å²) in [6, 6.07) is 20.2. The summed E-state index contributed by atoms with van der Waals surface area (Å²) in [5.41, 5.74) is 3.49. The molecule has 0 aliphatic carbocycles. The van der Waals surface area contributed by atoms with Crippen LogP contribution in [-0.4, -0.2) is 28.9 Å². The number of hydrogen-bond donors (Lipinski definition) is 2. The van der Waals surface area contributed by atoms with Crippen molar-refractivity contribution in [1.29, 1.82) is 0 Å². The lowest BCUT2D eigenvalue weighted by Gasteiger charge is -2.24. The summed E-state index contributed by atoms with van der Waals surface area (Å²) in [4.78, 5) is 37.4. The number of ether oxygens (including phenoxy) is 1. The van der Waals surface area contributed by atoms with E-state index < -0.39 is 17.4 Å². The first kappa shape index (κ1) is 22.2. The maximum Gasteiger partial charge on any atom is 0.283 e. The second kappa shape index (κ2) is 8.88. The minimum Gasteiger partial charge on any atom is -0.478 e. The molecule has 3 aromatic rings. The molecule has 7 nitrogen and oxygen atoms in total. The molecule has 8 heteroatoms. The predicted octanol–water partition coefficient (Wildman–Crippen LogP) is 4.20. The van der Waals surface area contributed by atoms with Gasteiger partial charge in [0.25, 0.3) is 11.8 Å². The molecule has 0 spiro atoms. The van der Waals surface area contributed by atoms with Gasteiger partial charge in [0.2, 0.25) is 0 Å². The molecule has 166 valence electrons. The SMILES string of the molecule is CC(C)(Oc1ccc(C(=O)c2ccc(Cl)cc2)cc1)C(=O)N/N=C1\C(=O)Nc2ccccc21. The number of halogens is 1. The van der Waals surface area contributed by atoms with Crippen molar-refractivity contribution in [2.24, 2.45) is 5.10 Å². The fraction of sp³-hybridized carbons (Fsp3) is 0.120. The van der Waals surface area contributed by atoms with Crippen molar-refractivity contribution in [3.05, 3.63) is 94.5 Å². The molecule has 2 amide bonds. The van der Waals surface area contributed by atoms with E-state index in [1.54, 1.807) is 86.6 Å². The van der Waals surface area contributed by atoms with Gasteiger partial charge in [-0.05, 0) is 68.4 Å². The first-order valence-electron chi connectivity index (χ1n) is 10.1. The van der Waals surface area contributed by atoms with Gasteiger partial charge in [-0.1, -0.05) is 29.8 Å². The smallest absolute Gasteiger partial charge is 0.283 e. The molecule has 0 saturated heterocycles. The molecule has 0 radical (unpaired) electrons. The highest BCUT2D eigenvalue weighted by Crippen LogP contribution is 2.23. The molecule has 1 heterocycles. The number of carbonyl (C=O) groups is 3. The van der Waals surface area contributed by atoms with Gasteiger partial charge in [0, 0.05) is 21.7 Å². The normalized spacial score (nSPS) is 13.9. The van der Waals surface area contributed by atoms with Gasteiger partial charge in [-0.2, -0.15) is 5.10 Å². The van der Waals surface area contributed by atoms with Gasteiger partial charge >= 0.3 is 0 Å². The standard InChI is InChI=1S/C25H20ClN3O4/c1-25(2,24(32)29-28-21-19-5-3-4-6-20(19)27-23(21)31)33-18-13-9-16(10-14-18)22(30)15-7-11-17(26)12-8-15/h3-14H,1-2H3,(H,29,32)(H,27,28,31). The van der Waals surface area contributed by atoms with E-state index in [1.807, 2.05) is 0 Å². The van der Waals surface area contributed by atoms with E-state index >= 15 is 0 Å². The monoisotopic (exact) mass is 461 g/mol. The van der Waals surface area contributed by atoms with Gasteiger partial charge in [-0.3, -0.25) is 14.4 Å². The molecular weight excluding hydrogens is 442 g/mol. The average molecular weight is 462 g/mol. The minimum atomic E-state index is -1.29. The van der Waals surface area contributed by atoms with Gasteiger partial charge in [0.15, 0.2) is 17.1 Å². The summed E-state index contributed by atoms with van der Waals surface area (Å²) in [7, 11) is 0. The number of nitrogens with zero attached hydrogens (tertiary/aromatic N) is 1. The Labute approximate surface area is 195 Å². The molecule has 2 N–H and O–H groups in total. The molecule has 0 saturated carbocycles. The summed E-state index contributed by atoms with van der Waals surface area (Å²) in [5.74, 6) is -0.676. The van der Waals surface area contributed by atoms with Crippen molar-refractivity contribution in [3.63, 3.8) is 0 Å². The third-order valence-electron chi connectivity index (χ3n) is 5.06. The quantitative estimate of drug-likeness (QED) is 0.424. The zero-order valence-corrected chi connectivity index (χ0v) is 18.6. The van der Waals surface area contributed by atoms with Crippen molar-refractivity contribution in [2.75, 3.05) is 5.32 Å². The van der Waals surface area contributed by atoms with Crippen LogP contribution in [-0.2, 0) is 9.59 Å². The Morgan fingerprint density at radius 2 is 1.55 bits per heavy atom. The molecule has 1 aliphatic heterocycles. The Bertz CT molecular complexity index is 1270. The molecule has 1 aliphatic rings. The fourth-order valence-electron chi connectivity index (χ4n) is 3.24. The second-order valence-electron chi connectivity index (χ2n) is 7.87. The van der Waals surface area contributed by atoms with Crippen LogP contribution in [0.25, 0.3) is 0 Å². The van der Waals surface area contributed by atoms with Gasteiger partial charge in [0.1, 0.15) is 5.75 Å². The summed E-state index contributed by atoms with van der Waals surface area (Å²) in [6.45, 7) is 3.16. The number of hydrazone groups is 1. The molecule has 0 unspecified atom stereocenters. The molecule has 0 aromatic heterocycles. The number of rotatable bonds is 6. The number of nitrogens with one attached hydrogen (secondary N) is 2. The summed E-state index contributed by atoms with van der Waals surface area (Å²) in [5, 5.41) is 7.25. The van der Waals surface area contributed by atoms with Crippen LogP contribution in [0.3, 0.4) is 0 Å². The van der Waals surface area contributed by atoms with Crippen LogP contribution in [0.2, 0.25) is 5.02 Å². The van der Waals surface area contributed by atoms with E-state index in [2.05, 4.69) is 15.8 Å². The summed E-state index contributed by atoms with van der Waals surface area (Å²) in [6.07, 6.45) is 0. The number of ketones is 1. The highest BCUT2D eigenvalue weighted by molar-refractivity contribution is 6.53. The zero-order chi connectivity index (χ0) is 23.6. The minimum absolute atomic E-state index is 0.125. The van der Waals surface area contributed by atoms with Crippen LogP contribution in [0.1, 0.15) is 35.3 Å². The number of fused-ring (bicyclic) bond motifs is 1. The Hall–Kier alpha value is -3.97. The summed E-state index contributed by atoms with van der Waals surface area (Å²) >= 11 is 5.87. The van der Waals surface area contributed by atoms with Crippen molar-refractivity contribution in [2.45, 2.75) is 19.4 Å². The molecule has 0 bridgehead atoms. The van der Waals surface area contributed by atoms with Crippen LogP contribution in [0.4, 0.5) is 5.69 Å². The molecule has 0 atom stereocenters. The Balaban J connectivity index is 1.43. The predicted molar refractivity (Wildman–Crippen MR) is 126 cm³/mol. The van der Waals surface area contributed by atoms with Crippen LogP contribution in [0, 0.1) is 0 Å². The highest BCUT2D eigenvalue weighted by Gasteiger charge is 2.31. The van der Waals surface area contributed by atoms with Crippen molar-refractivity contribution in [3.8, 4) is 5.75 Å². The third-order valence-corrected chi connectivity index (χ3v) is 5.31. The van der Waals surface area contributed by atoms with Gasteiger partial charge < -0.3 is 10.1 Å². The maximum atomic E-state index is 12.7. The fourth-order valence-corrected chi connectivity index (χ4v) is 3.36. The number of para-hydroxylation sites is 1. The highest BCUT2D eigenvalue weighted by atomic mass is 35.5. The molecule has 0 fully saturated rings. The Morgan fingerprint density at radius 1 is 0.939 bits per heavy atom. The third kappa shape index (κ3) is 4.78. The number of carbonyl (C=O) groups excluding carboxylic acids is 3. The lowest BCUT2D eigenvalue weighted by molar-refractivity contribution is -0.134. The largest absolute Gasteiger partial charge is 0.478 e. The van der Waals surface area contributed by atoms with Crippen molar-refractivity contribution < 1.29 is 19.1 Å². The summed E-state index contributed by atoms with van der Waals surface area (Å²) < 4.78 is 5.82. The van der Waals surface area contributed by atoms with E-state index in [-0.39, 0.29) is 11.5 Å². The van der Waals surface area contributed by atoms with Crippen molar-refractivity contribution in [1.82, 2.24) is 5.43 Å². The molecular formula is C25H20ClN3O4. The van der Waals surface area contributed by atoms with E-state index in [1.165, 1.54) is 0 Å². The number of hydrogen-bond acceptors (Lipinski definition) is 5. The first-order chi connectivity index (χ1) is 15.7. The van der Waals surface area contributed by atoms with Crippen LogP contribution < -0.4 is 15.5 Å². The lowest BCUT2D eigenvalue weighted by Crippen LogP contribution is -2.45. The van der Waals surface area contributed by atoms with Gasteiger partial charge in [-0.15, -0.1) is 0 Å². The van der Waals surface area contributed by atoms with Crippen LogP contribution in [0.5, 0.6) is 5.75 Å². The van der Waals surface area contributed by atoms with Gasteiger partial charge in [-0.25, -0.2) is 5.43 Å². The van der Waals surface area contributed by atoms with E-state index in [0.29, 0.717) is 33.1 Å². The molecule has 33 heavy (non-hydrogen) atoms. The Kier molecular flexibility index (Phi) is 5.98. The van der Waals surface area contributed by atoms with E-state index in [0.717, 1.165) is 0 Å². The van der Waals surface area contributed by atoms with E-state index in [4.69, 9.17) is 16.3 Å². The number of benzene rings is 3. The van der Waals surface area contributed by atoms with E-state index in [9.17, 15) is 14.4 Å².